The molecule has 0 aliphatic rings. The molecule has 0 radical (unpaired) electrons. The second-order valence-corrected chi connectivity index (χ2v) is 8.20. The second-order valence-electron chi connectivity index (χ2n) is 8.20. The van der Waals surface area contributed by atoms with Crippen LogP contribution in [-0.4, -0.2) is 45.0 Å². The molecule has 4 nitrogen and oxygen atoms in total. The van der Waals surface area contributed by atoms with Crippen molar-refractivity contribution in [3.63, 3.8) is 0 Å². The Kier molecular flexibility index (Phi) is 7.57. The zero-order valence-corrected chi connectivity index (χ0v) is 18.1. The summed E-state index contributed by atoms with van der Waals surface area (Å²) < 4.78 is 25.1. The van der Waals surface area contributed by atoms with Gasteiger partial charge in [-0.1, -0.05) is 26.8 Å². The Morgan fingerprint density at radius 3 is 2.45 bits per heavy atom. The lowest BCUT2D eigenvalue weighted by Crippen LogP contribution is -2.19. The smallest absolute Gasteiger partial charge is 0.188 e. The number of carbonyl (C=O) groups excluding carboxylic acids is 1. The van der Waals surface area contributed by atoms with E-state index < -0.39 is 11.6 Å². The number of rotatable bonds is 8. The van der Waals surface area contributed by atoms with Gasteiger partial charge in [0.25, 0.3) is 0 Å². The molecule has 0 saturated heterocycles. The Labute approximate surface area is 172 Å². The topological polar surface area (TPSA) is 38.8 Å². The summed E-state index contributed by atoms with van der Waals surface area (Å²) in [6.45, 7) is 7.69. The third kappa shape index (κ3) is 6.43. The molecule has 0 aliphatic carbocycles. The van der Waals surface area contributed by atoms with E-state index in [9.17, 15) is 9.18 Å². The van der Waals surface area contributed by atoms with Crippen molar-refractivity contribution >= 4 is 11.9 Å². The number of likely N-dealkylation sites (N-methyl/N-ethyl adjacent to an activating group) is 1. The fourth-order valence-electron chi connectivity index (χ4n) is 2.69. The van der Waals surface area contributed by atoms with E-state index in [4.69, 9.17) is 9.47 Å². The SMILES string of the molecule is COc1ccc(C(=O)C=Cc2cc(C(C)(C)C)ccc2OCCN(C)C)c(F)c1. The van der Waals surface area contributed by atoms with Crippen LogP contribution in [0.2, 0.25) is 0 Å². The van der Waals surface area contributed by atoms with E-state index in [1.807, 2.05) is 37.2 Å². The molecule has 0 spiro atoms. The molecule has 5 heteroatoms. The summed E-state index contributed by atoms with van der Waals surface area (Å²) in [5.41, 5.74) is 1.87. The van der Waals surface area contributed by atoms with Gasteiger partial charge in [-0.25, -0.2) is 4.39 Å². The highest BCUT2D eigenvalue weighted by Gasteiger charge is 2.16. The van der Waals surface area contributed by atoms with E-state index in [0.717, 1.165) is 17.7 Å². The monoisotopic (exact) mass is 399 g/mol. The van der Waals surface area contributed by atoms with E-state index in [2.05, 4.69) is 20.8 Å². The number of ether oxygens (including phenoxy) is 2. The second kappa shape index (κ2) is 9.70. The Balaban J connectivity index is 2.31. The van der Waals surface area contributed by atoms with Crippen LogP contribution in [0.25, 0.3) is 6.08 Å². The minimum Gasteiger partial charge on any atom is -0.497 e. The van der Waals surface area contributed by atoms with Crippen LogP contribution in [0.15, 0.2) is 42.5 Å². The van der Waals surface area contributed by atoms with E-state index in [-0.39, 0.29) is 11.0 Å². The summed E-state index contributed by atoms with van der Waals surface area (Å²) in [7, 11) is 5.42. The highest BCUT2D eigenvalue weighted by molar-refractivity contribution is 6.07. The predicted molar refractivity (Wildman–Crippen MR) is 116 cm³/mol. The van der Waals surface area contributed by atoms with Crippen molar-refractivity contribution in [1.29, 1.82) is 0 Å². The quantitative estimate of drug-likeness (QED) is 0.464. The fraction of sp³-hybridized carbons (Fsp3) is 0.375. The number of ketones is 1. The molecule has 29 heavy (non-hydrogen) atoms. The molecule has 0 atom stereocenters. The minimum atomic E-state index is -0.607. The molecule has 0 amide bonds. The molecule has 0 aromatic heterocycles. The molecule has 0 aliphatic heterocycles. The van der Waals surface area contributed by atoms with Crippen molar-refractivity contribution in [2.45, 2.75) is 26.2 Å². The van der Waals surface area contributed by atoms with Crippen LogP contribution >= 0.6 is 0 Å². The summed E-state index contributed by atoms with van der Waals surface area (Å²) in [6.07, 6.45) is 3.07. The third-order valence-electron chi connectivity index (χ3n) is 4.53. The van der Waals surface area contributed by atoms with Gasteiger partial charge in [-0.05, 0) is 61.5 Å². The first-order valence-electron chi connectivity index (χ1n) is 9.60. The van der Waals surface area contributed by atoms with Crippen molar-refractivity contribution in [1.82, 2.24) is 4.90 Å². The molecule has 2 aromatic carbocycles. The molecular weight excluding hydrogens is 369 g/mol. The molecule has 2 aromatic rings. The van der Waals surface area contributed by atoms with Gasteiger partial charge in [0.15, 0.2) is 5.78 Å². The summed E-state index contributed by atoms with van der Waals surface area (Å²) in [4.78, 5) is 14.6. The number of carbonyl (C=O) groups is 1. The summed E-state index contributed by atoms with van der Waals surface area (Å²) in [5.74, 6) is 0.0482. The maximum absolute atomic E-state index is 14.2. The van der Waals surface area contributed by atoms with Gasteiger partial charge in [-0.3, -0.25) is 4.79 Å². The third-order valence-corrected chi connectivity index (χ3v) is 4.53. The van der Waals surface area contributed by atoms with Crippen LogP contribution < -0.4 is 9.47 Å². The minimum absolute atomic E-state index is 0.00380. The van der Waals surface area contributed by atoms with Crippen molar-refractivity contribution in [2.24, 2.45) is 0 Å². The van der Waals surface area contributed by atoms with Crippen molar-refractivity contribution in [3.05, 3.63) is 65.0 Å². The van der Waals surface area contributed by atoms with Crippen molar-refractivity contribution in [3.8, 4) is 11.5 Å². The van der Waals surface area contributed by atoms with E-state index in [1.165, 1.54) is 25.3 Å². The highest BCUT2D eigenvalue weighted by Crippen LogP contribution is 2.29. The van der Waals surface area contributed by atoms with E-state index >= 15 is 0 Å². The number of halogens is 1. The van der Waals surface area contributed by atoms with Gasteiger partial charge in [0.2, 0.25) is 0 Å². The molecule has 156 valence electrons. The number of methoxy groups -OCH3 is 1. The predicted octanol–water partition coefficient (Wildman–Crippen LogP) is 4.97. The Bertz CT molecular complexity index is 882. The van der Waals surface area contributed by atoms with Gasteiger partial charge in [0, 0.05) is 18.2 Å². The van der Waals surface area contributed by atoms with E-state index in [1.54, 1.807) is 12.1 Å². The molecular formula is C24H30FNO3. The van der Waals surface area contributed by atoms with Gasteiger partial charge >= 0.3 is 0 Å². The van der Waals surface area contributed by atoms with Crippen LogP contribution in [0.4, 0.5) is 4.39 Å². The van der Waals surface area contributed by atoms with Crippen LogP contribution in [-0.2, 0) is 5.41 Å². The van der Waals surface area contributed by atoms with Crippen molar-refractivity contribution < 1.29 is 18.7 Å². The average molecular weight is 400 g/mol. The largest absolute Gasteiger partial charge is 0.497 e. The zero-order valence-electron chi connectivity index (χ0n) is 18.1. The van der Waals surface area contributed by atoms with Gasteiger partial charge in [0.05, 0.1) is 12.7 Å². The highest BCUT2D eigenvalue weighted by atomic mass is 19.1. The van der Waals surface area contributed by atoms with Crippen LogP contribution in [0.1, 0.15) is 42.3 Å². The number of benzene rings is 2. The lowest BCUT2D eigenvalue weighted by molar-refractivity contribution is 0.104. The lowest BCUT2D eigenvalue weighted by Gasteiger charge is -2.21. The first-order valence-corrected chi connectivity index (χ1v) is 9.60. The van der Waals surface area contributed by atoms with Gasteiger partial charge in [-0.15, -0.1) is 0 Å². The molecule has 0 N–H and O–H groups in total. The number of nitrogens with zero attached hydrogens (tertiary/aromatic N) is 1. The number of allylic oxidation sites excluding steroid dienone is 1. The first kappa shape index (κ1) is 22.6. The Morgan fingerprint density at radius 1 is 1.14 bits per heavy atom. The molecule has 0 fully saturated rings. The lowest BCUT2D eigenvalue weighted by atomic mass is 9.86. The van der Waals surface area contributed by atoms with Gasteiger partial charge in [-0.2, -0.15) is 0 Å². The van der Waals surface area contributed by atoms with Crippen LogP contribution in [0.3, 0.4) is 0 Å². The summed E-state index contributed by atoms with van der Waals surface area (Å²) >= 11 is 0. The molecule has 2 rings (SSSR count). The first-order chi connectivity index (χ1) is 13.6. The van der Waals surface area contributed by atoms with Crippen LogP contribution in [0, 0.1) is 5.82 Å². The average Bonchev–Trinajstić information content (AvgIpc) is 2.65. The molecule has 0 unspecified atom stereocenters. The molecule has 0 bridgehead atoms. The molecule has 0 saturated carbocycles. The van der Waals surface area contributed by atoms with Gasteiger partial charge < -0.3 is 14.4 Å². The van der Waals surface area contributed by atoms with Gasteiger partial charge in [0.1, 0.15) is 23.9 Å². The number of hydrogen-bond acceptors (Lipinski definition) is 4. The van der Waals surface area contributed by atoms with E-state index in [0.29, 0.717) is 18.1 Å². The standard InChI is InChI=1S/C24H30FNO3/c1-24(2,3)18-8-12-23(29-14-13-26(4)5)17(15-18)7-11-22(27)20-10-9-19(28-6)16-21(20)25/h7-12,15-16H,13-14H2,1-6H3. The van der Waals surface area contributed by atoms with Crippen LogP contribution in [0.5, 0.6) is 11.5 Å². The van der Waals surface area contributed by atoms with Crippen molar-refractivity contribution in [2.75, 3.05) is 34.4 Å². The maximum atomic E-state index is 14.2. The number of hydrogen-bond donors (Lipinski definition) is 0. The molecule has 0 heterocycles. The summed E-state index contributed by atoms with van der Waals surface area (Å²) in [5, 5.41) is 0. The Hall–Kier alpha value is -2.66. The normalized spacial score (nSPS) is 11.9. The maximum Gasteiger partial charge on any atom is 0.188 e. The fourth-order valence-corrected chi connectivity index (χ4v) is 2.69. The summed E-state index contributed by atoms with van der Waals surface area (Å²) in [6, 6.07) is 10.2. The zero-order chi connectivity index (χ0) is 21.6. The Morgan fingerprint density at radius 2 is 1.86 bits per heavy atom.